The molecule has 0 bridgehead atoms. The van der Waals surface area contributed by atoms with Crippen LogP contribution in [0.25, 0.3) is 0 Å². The van der Waals surface area contributed by atoms with Gasteiger partial charge in [-0.1, -0.05) is 91.3 Å². The van der Waals surface area contributed by atoms with E-state index in [4.69, 9.17) is 4.99 Å². The van der Waals surface area contributed by atoms with Crippen LogP contribution in [-0.4, -0.2) is 5.84 Å². The molecule has 3 heteroatoms. The molecule has 0 aliphatic rings. The van der Waals surface area contributed by atoms with E-state index >= 15 is 0 Å². The maximum Gasteiger partial charge on any atom is 0.103 e. The van der Waals surface area contributed by atoms with E-state index in [-0.39, 0.29) is 0 Å². The molecule has 0 saturated carbocycles. The van der Waals surface area contributed by atoms with E-state index in [2.05, 4.69) is 79.9 Å². The molecule has 0 atom stereocenters. The highest BCUT2D eigenvalue weighted by Gasteiger charge is 2.04. The van der Waals surface area contributed by atoms with Gasteiger partial charge in [0.15, 0.2) is 0 Å². The van der Waals surface area contributed by atoms with Gasteiger partial charge in [-0.3, -0.25) is 0 Å². The second-order valence-electron chi connectivity index (χ2n) is 6.64. The van der Waals surface area contributed by atoms with E-state index in [1.807, 2.05) is 80.5 Å². The normalized spacial score (nSPS) is 9.35. The summed E-state index contributed by atoms with van der Waals surface area (Å²) in [7, 11) is 0. The van der Waals surface area contributed by atoms with Gasteiger partial charge in [0.25, 0.3) is 0 Å². The minimum absolute atomic E-state index is 0.879. The number of hydrogen-bond donors (Lipinski definition) is 2. The van der Waals surface area contributed by atoms with Gasteiger partial charge in [-0.2, -0.15) is 0 Å². The van der Waals surface area contributed by atoms with Gasteiger partial charge in [0, 0.05) is 17.1 Å². The molecule has 188 valence electrons. The zero-order chi connectivity index (χ0) is 26.5. The van der Waals surface area contributed by atoms with Crippen LogP contribution >= 0.6 is 0 Å². The molecule has 0 amide bonds. The number of para-hydroxylation sites is 1. The first-order valence-corrected chi connectivity index (χ1v) is 12.8. The molecular formula is C31H49N3. The Kier molecular flexibility index (Phi) is 20.0. The van der Waals surface area contributed by atoms with E-state index in [0.717, 1.165) is 28.6 Å². The predicted octanol–water partition coefficient (Wildman–Crippen LogP) is 10.6. The fraction of sp³-hybridized carbons (Fsp3) is 0.387. The number of anilines is 3. The van der Waals surface area contributed by atoms with Crippen molar-refractivity contribution < 1.29 is 0 Å². The number of aryl methyl sites for hydroxylation is 3. The van der Waals surface area contributed by atoms with E-state index < -0.39 is 0 Å². The van der Waals surface area contributed by atoms with Gasteiger partial charge in [0.2, 0.25) is 0 Å². The van der Waals surface area contributed by atoms with Crippen LogP contribution < -0.4 is 10.6 Å². The lowest BCUT2D eigenvalue weighted by Gasteiger charge is -2.11. The molecule has 0 aliphatic heterocycles. The quantitative estimate of drug-likeness (QED) is 0.298. The standard InChI is InChI=1S/C23H25N3.4C2H6/c1-16-14-17(2)23(18(3)15-16)25-19(4)24-21-10-12-22(13-11-21)26-20-8-6-5-7-9-20;4*1-2/h5-15,26H,1-4H3,(H,24,25);4*1-2H3. The highest BCUT2D eigenvalue weighted by Crippen LogP contribution is 2.25. The molecule has 3 rings (SSSR count). The Labute approximate surface area is 210 Å². The topological polar surface area (TPSA) is 36.4 Å². The molecule has 0 aromatic heterocycles. The van der Waals surface area contributed by atoms with E-state index in [0.29, 0.717) is 0 Å². The maximum atomic E-state index is 4.77. The molecular weight excluding hydrogens is 414 g/mol. The number of aliphatic imine (C=N–C) groups is 1. The third-order valence-corrected chi connectivity index (χ3v) is 4.19. The first kappa shape index (κ1) is 33.1. The molecule has 3 nitrogen and oxygen atoms in total. The SMILES string of the molecule is CC.CC.CC.CC.CC(=Nc1c(C)cc(C)cc1C)Nc1ccc(Nc2ccccc2)cc1. The summed E-state index contributed by atoms with van der Waals surface area (Å²) in [5.74, 6) is 0.879. The molecule has 0 fully saturated rings. The fourth-order valence-corrected chi connectivity index (χ4v) is 3.08. The van der Waals surface area contributed by atoms with Crippen molar-refractivity contribution in [2.45, 2.75) is 83.1 Å². The first-order chi connectivity index (χ1) is 16.5. The third kappa shape index (κ3) is 12.2. The van der Waals surface area contributed by atoms with Crippen LogP contribution in [0, 0.1) is 20.8 Å². The zero-order valence-corrected chi connectivity index (χ0v) is 23.8. The monoisotopic (exact) mass is 463 g/mol. The van der Waals surface area contributed by atoms with E-state index in [1.165, 1.54) is 16.7 Å². The van der Waals surface area contributed by atoms with Crippen LogP contribution in [0.3, 0.4) is 0 Å². The van der Waals surface area contributed by atoms with Crippen molar-refractivity contribution in [3.63, 3.8) is 0 Å². The minimum Gasteiger partial charge on any atom is -0.356 e. The van der Waals surface area contributed by atoms with Crippen LogP contribution in [0.1, 0.15) is 79.0 Å². The largest absolute Gasteiger partial charge is 0.356 e. The summed E-state index contributed by atoms with van der Waals surface area (Å²) >= 11 is 0. The van der Waals surface area contributed by atoms with Gasteiger partial charge >= 0.3 is 0 Å². The van der Waals surface area contributed by atoms with Gasteiger partial charge in [-0.05, 0) is 75.2 Å². The predicted molar refractivity (Wildman–Crippen MR) is 159 cm³/mol. The smallest absolute Gasteiger partial charge is 0.103 e. The summed E-state index contributed by atoms with van der Waals surface area (Å²) in [6.07, 6.45) is 0. The summed E-state index contributed by atoms with van der Waals surface area (Å²) in [5.41, 5.74) is 7.87. The molecule has 34 heavy (non-hydrogen) atoms. The maximum absolute atomic E-state index is 4.77. The van der Waals surface area contributed by atoms with Crippen molar-refractivity contribution in [2.75, 3.05) is 10.6 Å². The van der Waals surface area contributed by atoms with Crippen LogP contribution in [-0.2, 0) is 0 Å². The van der Waals surface area contributed by atoms with Gasteiger partial charge < -0.3 is 10.6 Å². The summed E-state index contributed by atoms with van der Waals surface area (Å²) in [6.45, 7) is 24.3. The van der Waals surface area contributed by atoms with Crippen molar-refractivity contribution in [1.82, 2.24) is 0 Å². The number of nitrogens with zero attached hydrogens (tertiary/aromatic N) is 1. The molecule has 2 N–H and O–H groups in total. The average molecular weight is 464 g/mol. The molecule has 0 saturated heterocycles. The molecule has 0 spiro atoms. The number of benzene rings is 3. The lowest BCUT2D eigenvalue weighted by Crippen LogP contribution is -2.07. The van der Waals surface area contributed by atoms with Gasteiger partial charge in [-0.15, -0.1) is 0 Å². The summed E-state index contributed by atoms with van der Waals surface area (Å²) in [4.78, 5) is 4.77. The van der Waals surface area contributed by atoms with Crippen LogP contribution in [0.5, 0.6) is 0 Å². The van der Waals surface area contributed by atoms with Gasteiger partial charge in [0.05, 0.1) is 5.69 Å². The number of hydrogen-bond acceptors (Lipinski definition) is 2. The fourth-order valence-electron chi connectivity index (χ4n) is 3.08. The second-order valence-corrected chi connectivity index (χ2v) is 6.64. The Morgan fingerprint density at radius 2 is 1.00 bits per heavy atom. The summed E-state index contributed by atoms with van der Waals surface area (Å²) in [6, 6.07) is 22.7. The Balaban J connectivity index is 0. The molecule has 0 aliphatic carbocycles. The van der Waals surface area contributed by atoms with Crippen molar-refractivity contribution in [1.29, 1.82) is 0 Å². The molecule has 0 radical (unpaired) electrons. The van der Waals surface area contributed by atoms with Crippen LogP contribution in [0.4, 0.5) is 22.7 Å². The molecule has 0 unspecified atom stereocenters. The second kappa shape index (κ2) is 20.5. The van der Waals surface area contributed by atoms with Crippen molar-refractivity contribution in [3.8, 4) is 0 Å². The van der Waals surface area contributed by atoms with Crippen molar-refractivity contribution >= 4 is 28.6 Å². The molecule has 0 heterocycles. The highest BCUT2D eigenvalue weighted by molar-refractivity contribution is 5.95. The Morgan fingerprint density at radius 1 is 0.588 bits per heavy atom. The van der Waals surface area contributed by atoms with Crippen LogP contribution in [0.15, 0.2) is 71.7 Å². The number of nitrogens with one attached hydrogen (secondary N) is 2. The average Bonchev–Trinajstić information content (AvgIpc) is 2.88. The Morgan fingerprint density at radius 3 is 1.47 bits per heavy atom. The van der Waals surface area contributed by atoms with Crippen molar-refractivity contribution in [2.24, 2.45) is 4.99 Å². The zero-order valence-electron chi connectivity index (χ0n) is 23.8. The Bertz CT molecular complexity index is 888. The summed E-state index contributed by atoms with van der Waals surface area (Å²) < 4.78 is 0. The van der Waals surface area contributed by atoms with Crippen LogP contribution in [0.2, 0.25) is 0 Å². The molecule has 3 aromatic carbocycles. The lowest BCUT2D eigenvalue weighted by atomic mass is 10.1. The van der Waals surface area contributed by atoms with Crippen molar-refractivity contribution in [3.05, 3.63) is 83.4 Å². The number of rotatable bonds is 4. The first-order valence-electron chi connectivity index (χ1n) is 12.8. The summed E-state index contributed by atoms with van der Waals surface area (Å²) in [5, 5.41) is 6.76. The lowest BCUT2D eigenvalue weighted by molar-refractivity contribution is 1.28. The van der Waals surface area contributed by atoms with E-state index in [9.17, 15) is 0 Å². The highest BCUT2D eigenvalue weighted by atomic mass is 15.0. The van der Waals surface area contributed by atoms with Gasteiger partial charge in [-0.25, -0.2) is 4.99 Å². The number of amidine groups is 1. The molecule has 3 aromatic rings. The minimum atomic E-state index is 0.879. The third-order valence-electron chi connectivity index (χ3n) is 4.19. The van der Waals surface area contributed by atoms with Gasteiger partial charge in [0.1, 0.15) is 5.84 Å². The van der Waals surface area contributed by atoms with E-state index in [1.54, 1.807) is 0 Å². The Hall–Kier alpha value is -3.07.